The van der Waals surface area contributed by atoms with E-state index in [1.54, 1.807) is 7.11 Å². The van der Waals surface area contributed by atoms with Crippen LogP contribution in [0.4, 0.5) is 0 Å². The third kappa shape index (κ3) is 3.72. The summed E-state index contributed by atoms with van der Waals surface area (Å²) in [5.74, 6) is 0. The van der Waals surface area contributed by atoms with Gasteiger partial charge < -0.3 is 14.8 Å². The van der Waals surface area contributed by atoms with Crippen LogP contribution in [0.3, 0.4) is 0 Å². The molecule has 0 aromatic carbocycles. The van der Waals surface area contributed by atoms with Crippen molar-refractivity contribution >= 4 is 0 Å². The molecule has 1 N–H and O–H groups in total. The van der Waals surface area contributed by atoms with Gasteiger partial charge in [-0.25, -0.2) is 0 Å². The zero-order valence-electron chi connectivity index (χ0n) is 11.4. The summed E-state index contributed by atoms with van der Waals surface area (Å²) < 4.78 is 11.0. The lowest BCUT2D eigenvalue weighted by molar-refractivity contribution is -0.0724. The predicted molar refractivity (Wildman–Crippen MR) is 66.8 cm³/mol. The van der Waals surface area contributed by atoms with Crippen molar-refractivity contribution in [2.24, 2.45) is 0 Å². The van der Waals surface area contributed by atoms with E-state index >= 15 is 0 Å². The predicted octanol–water partition coefficient (Wildman–Crippen LogP) is 2.35. The van der Waals surface area contributed by atoms with Crippen molar-refractivity contribution in [3.63, 3.8) is 0 Å². The second kappa shape index (κ2) is 5.48. The van der Waals surface area contributed by atoms with Crippen molar-refractivity contribution in [3.8, 4) is 0 Å². The summed E-state index contributed by atoms with van der Waals surface area (Å²) in [6.07, 6.45) is 4.70. The largest absolute Gasteiger partial charge is 0.379 e. The van der Waals surface area contributed by atoms with Gasteiger partial charge in [-0.15, -0.1) is 0 Å². The summed E-state index contributed by atoms with van der Waals surface area (Å²) in [4.78, 5) is 0. The van der Waals surface area contributed by atoms with E-state index < -0.39 is 0 Å². The molecule has 3 heteroatoms. The van der Waals surface area contributed by atoms with Crippen molar-refractivity contribution in [3.05, 3.63) is 0 Å². The van der Waals surface area contributed by atoms with Gasteiger partial charge in [0, 0.05) is 26.8 Å². The summed E-state index contributed by atoms with van der Waals surface area (Å²) in [7, 11) is 3.60. The molecule has 0 aromatic heterocycles. The first-order valence-corrected chi connectivity index (χ1v) is 6.27. The van der Waals surface area contributed by atoms with E-state index in [1.165, 1.54) is 19.3 Å². The molecule has 1 aliphatic carbocycles. The molecule has 0 bridgehead atoms. The summed E-state index contributed by atoms with van der Waals surface area (Å²) in [5, 5.41) is 3.56. The van der Waals surface area contributed by atoms with Crippen molar-refractivity contribution < 1.29 is 9.47 Å². The minimum atomic E-state index is -0.0493. The number of hydrogen-bond acceptors (Lipinski definition) is 3. The van der Waals surface area contributed by atoms with Crippen LogP contribution in [0.25, 0.3) is 0 Å². The van der Waals surface area contributed by atoms with Crippen molar-refractivity contribution in [1.82, 2.24) is 5.32 Å². The molecule has 0 spiro atoms. The summed E-state index contributed by atoms with van der Waals surface area (Å²) in [6.45, 7) is 7.43. The van der Waals surface area contributed by atoms with E-state index in [0.29, 0.717) is 6.04 Å². The highest BCUT2D eigenvalue weighted by molar-refractivity contribution is 4.92. The highest BCUT2D eigenvalue weighted by Gasteiger charge is 2.37. The Labute approximate surface area is 99.9 Å². The van der Waals surface area contributed by atoms with Crippen LogP contribution < -0.4 is 5.32 Å². The average Bonchev–Trinajstić information content (AvgIpc) is 2.16. The van der Waals surface area contributed by atoms with Gasteiger partial charge in [-0.2, -0.15) is 0 Å². The third-order valence-corrected chi connectivity index (χ3v) is 3.82. The minimum absolute atomic E-state index is 0.0493. The molecule has 0 amide bonds. The second-order valence-electron chi connectivity index (χ2n) is 5.69. The zero-order chi connectivity index (χ0) is 12.2. The molecule has 0 radical (unpaired) electrons. The molecule has 1 aliphatic rings. The van der Waals surface area contributed by atoms with Gasteiger partial charge in [0.15, 0.2) is 0 Å². The summed E-state index contributed by atoms with van der Waals surface area (Å²) >= 11 is 0. The Morgan fingerprint density at radius 2 is 1.94 bits per heavy atom. The Bertz CT molecular complexity index is 206. The first kappa shape index (κ1) is 13.9. The average molecular weight is 229 g/mol. The normalized spacial score (nSPS) is 21.6. The lowest BCUT2D eigenvalue weighted by Crippen LogP contribution is -2.50. The Morgan fingerprint density at radius 1 is 1.31 bits per heavy atom. The molecule has 16 heavy (non-hydrogen) atoms. The van der Waals surface area contributed by atoms with Crippen LogP contribution in [0, 0.1) is 0 Å². The lowest BCUT2D eigenvalue weighted by Gasteiger charge is -2.41. The van der Waals surface area contributed by atoms with E-state index in [1.807, 2.05) is 7.11 Å². The molecule has 0 aliphatic heterocycles. The Balaban J connectivity index is 2.27. The first-order valence-electron chi connectivity index (χ1n) is 6.27. The molecule has 1 unspecified atom stereocenters. The lowest BCUT2D eigenvalue weighted by atomic mass is 9.79. The number of nitrogens with one attached hydrogen (secondary N) is 1. The van der Waals surface area contributed by atoms with Crippen LogP contribution in [0.2, 0.25) is 0 Å². The summed E-state index contributed by atoms with van der Waals surface area (Å²) in [6, 6.07) is 0.461. The van der Waals surface area contributed by atoms with Crippen LogP contribution in [-0.2, 0) is 9.47 Å². The zero-order valence-corrected chi connectivity index (χ0v) is 11.4. The van der Waals surface area contributed by atoms with Crippen LogP contribution in [0.5, 0.6) is 0 Å². The van der Waals surface area contributed by atoms with Gasteiger partial charge >= 0.3 is 0 Å². The fourth-order valence-corrected chi connectivity index (χ4v) is 2.28. The van der Waals surface area contributed by atoms with Gasteiger partial charge in [0.05, 0.1) is 11.2 Å². The maximum atomic E-state index is 5.59. The number of hydrogen-bond donors (Lipinski definition) is 1. The van der Waals surface area contributed by atoms with Gasteiger partial charge in [-0.3, -0.25) is 0 Å². The van der Waals surface area contributed by atoms with Gasteiger partial charge in [0.25, 0.3) is 0 Å². The second-order valence-corrected chi connectivity index (χ2v) is 5.69. The van der Waals surface area contributed by atoms with E-state index in [2.05, 4.69) is 26.1 Å². The van der Waals surface area contributed by atoms with E-state index in [-0.39, 0.29) is 11.2 Å². The number of rotatable bonds is 7. The molecule has 1 atom stereocenters. The number of methoxy groups -OCH3 is 2. The number of ether oxygens (including phenoxy) is 2. The quantitative estimate of drug-likeness (QED) is 0.727. The molecule has 0 saturated heterocycles. The molecular formula is C13H27NO2. The fourth-order valence-electron chi connectivity index (χ4n) is 2.28. The Morgan fingerprint density at radius 3 is 2.31 bits per heavy atom. The monoisotopic (exact) mass is 229 g/mol. The van der Waals surface area contributed by atoms with Crippen molar-refractivity contribution in [1.29, 1.82) is 0 Å². The molecule has 0 heterocycles. The molecule has 0 aromatic rings. The minimum Gasteiger partial charge on any atom is -0.379 e. The maximum absolute atomic E-state index is 5.59. The molecule has 3 nitrogen and oxygen atoms in total. The molecule has 1 fully saturated rings. The molecular weight excluding hydrogens is 202 g/mol. The van der Waals surface area contributed by atoms with Crippen LogP contribution in [0.15, 0.2) is 0 Å². The van der Waals surface area contributed by atoms with E-state index in [0.717, 1.165) is 13.0 Å². The standard InChI is InChI=1S/C13H27NO2/c1-11(9-12(2,3)15-4)14-10-13(16-5)7-6-8-13/h11,14H,6-10H2,1-5H3. The highest BCUT2D eigenvalue weighted by atomic mass is 16.5. The van der Waals surface area contributed by atoms with Gasteiger partial charge in [0.1, 0.15) is 0 Å². The maximum Gasteiger partial charge on any atom is 0.0802 e. The van der Waals surface area contributed by atoms with Crippen molar-refractivity contribution in [2.75, 3.05) is 20.8 Å². The van der Waals surface area contributed by atoms with E-state index in [9.17, 15) is 0 Å². The molecule has 1 saturated carbocycles. The van der Waals surface area contributed by atoms with Crippen molar-refractivity contribution in [2.45, 2.75) is 63.7 Å². The highest BCUT2D eigenvalue weighted by Crippen LogP contribution is 2.34. The SMILES string of the molecule is COC(C)(C)CC(C)NCC1(OC)CCC1. The third-order valence-electron chi connectivity index (χ3n) is 3.82. The van der Waals surface area contributed by atoms with Gasteiger partial charge in [-0.05, 0) is 46.5 Å². The van der Waals surface area contributed by atoms with Crippen LogP contribution in [0.1, 0.15) is 46.5 Å². The Hall–Kier alpha value is -0.120. The first-order chi connectivity index (χ1) is 7.43. The van der Waals surface area contributed by atoms with E-state index in [4.69, 9.17) is 9.47 Å². The molecule has 96 valence electrons. The topological polar surface area (TPSA) is 30.5 Å². The van der Waals surface area contributed by atoms with Gasteiger partial charge in [-0.1, -0.05) is 0 Å². The van der Waals surface area contributed by atoms with Crippen LogP contribution >= 0.6 is 0 Å². The van der Waals surface area contributed by atoms with Gasteiger partial charge in [0.2, 0.25) is 0 Å². The summed E-state index contributed by atoms with van der Waals surface area (Å²) in [5.41, 5.74) is 0.0672. The smallest absolute Gasteiger partial charge is 0.0802 e. The molecule has 1 rings (SSSR count). The van der Waals surface area contributed by atoms with Crippen LogP contribution in [-0.4, -0.2) is 38.0 Å². The fraction of sp³-hybridized carbons (Fsp3) is 1.00. The Kier molecular flexibility index (Phi) is 4.77.